The fourth-order valence-electron chi connectivity index (χ4n) is 1.79. The van der Waals surface area contributed by atoms with E-state index in [1.807, 2.05) is 0 Å². The Hall–Kier alpha value is -1.79. The summed E-state index contributed by atoms with van der Waals surface area (Å²) in [6.07, 6.45) is 0.506. The van der Waals surface area contributed by atoms with Gasteiger partial charge in [0.25, 0.3) is 0 Å². The highest BCUT2D eigenvalue weighted by molar-refractivity contribution is 7.10. The predicted octanol–water partition coefficient (Wildman–Crippen LogP) is 3.06. The van der Waals surface area contributed by atoms with Crippen LogP contribution in [0.25, 0.3) is 0 Å². The molecule has 0 saturated carbocycles. The summed E-state index contributed by atoms with van der Waals surface area (Å²) < 4.78 is 25.9. The van der Waals surface area contributed by atoms with Crippen molar-refractivity contribution in [3.05, 3.63) is 57.3 Å². The van der Waals surface area contributed by atoms with Gasteiger partial charge in [-0.2, -0.15) is 0 Å². The van der Waals surface area contributed by atoms with Gasteiger partial charge in [0, 0.05) is 22.9 Å². The topological polar surface area (TPSA) is 49.3 Å². The fourth-order valence-corrected chi connectivity index (χ4v) is 2.61. The maximum Gasteiger partial charge on any atom is 0.336 e. The molecule has 0 spiro atoms. The molecule has 0 bridgehead atoms. The first kappa shape index (κ1) is 14.6. The summed E-state index contributed by atoms with van der Waals surface area (Å²) in [5.74, 6) is -2.10. The van der Waals surface area contributed by atoms with Gasteiger partial charge < -0.3 is 10.4 Å². The van der Waals surface area contributed by atoms with E-state index in [1.54, 1.807) is 11.4 Å². The standard InChI is InChI=1S/C14H13F2NO2S/c15-11-3-9(4-12(16)6-11)1-2-17-7-13-5-10(8-20-13)14(18)19/h3-6,8,17H,1-2,7H2,(H,18,19). The molecule has 2 rings (SSSR count). The first-order valence-corrected chi connectivity index (χ1v) is 6.89. The zero-order chi connectivity index (χ0) is 14.5. The second-order valence-corrected chi connectivity index (χ2v) is 5.31. The molecule has 0 fully saturated rings. The van der Waals surface area contributed by atoms with Gasteiger partial charge in [0.1, 0.15) is 11.6 Å². The number of carboxylic acids is 1. The Morgan fingerprint density at radius 1 is 1.20 bits per heavy atom. The first-order chi connectivity index (χ1) is 9.54. The van der Waals surface area contributed by atoms with E-state index in [0.29, 0.717) is 25.1 Å². The molecular formula is C14H13F2NO2S. The summed E-state index contributed by atoms with van der Waals surface area (Å²) >= 11 is 1.37. The van der Waals surface area contributed by atoms with Crippen LogP contribution in [0.3, 0.4) is 0 Å². The number of carboxylic acid groups (broad SMARTS) is 1. The van der Waals surface area contributed by atoms with Crippen LogP contribution in [0.15, 0.2) is 29.6 Å². The van der Waals surface area contributed by atoms with Crippen molar-refractivity contribution < 1.29 is 18.7 Å². The molecule has 20 heavy (non-hydrogen) atoms. The van der Waals surface area contributed by atoms with Crippen molar-refractivity contribution in [3.63, 3.8) is 0 Å². The molecule has 3 nitrogen and oxygen atoms in total. The minimum atomic E-state index is -0.942. The lowest BCUT2D eigenvalue weighted by Gasteiger charge is -2.04. The normalized spacial score (nSPS) is 10.7. The zero-order valence-electron chi connectivity index (χ0n) is 10.5. The van der Waals surface area contributed by atoms with Crippen LogP contribution in [-0.2, 0) is 13.0 Å². The molecular weight excluding hydrogens is 284 g/mol. The third-order valence-corrected chi connectivity index (χ3v) is 3.65. The van der Waals surface area contributed by atoms with E-state index in [9.17, 15) is 13.6 Å². The molecule has 2 N–H and O–H groups in total. The molecule has 0 radical (unpaired) electrons. The molecule has 2 aromatic rings. The Balaban J connectivity index is 1.79. The van der Waals surface area contributed by atoms with Gasteiger partial charge in [-0.1, -0.05) is 0 Å². The number of benzene rings is 1. The average molecular weight is 297 g/mol. The van der Waals surface area contributed by atoms with Crippen LogP contribution in [0.1, 0.15) is 20.8 Å². The molecule has 0 amide bonds. The Morgan fingerprint density at radius 3 is 2.50 bits per heavy atom. The van der Waals surface area contributed by atoms with E-state index in [2.05, 4.69) is 5.32 Å². The highest BCUT2D eigenvalue weighted by Crippen LogP contribution is 2.14. The number of aromatic carboxylic acids is 1. The van der Waals surface area contributed by atoms with Crippen molar-refractivity contribution in [2.45, 2.75) is 13.0 Å². The molecule has 0 saturated heterocycles. The third kappa shape index (κ3) is 4.11. The van der Waals surface area contributed by atoms with Gasteiger partial charge in [0.05, 0.1) is 5.56 Å². The molecule has 0 atom stereocenters. The van der Waals surface area contributed by atoms with E-state index in [1.165, 1.54) is 23.5 Å². The minimum absolute atomic E-state index is 0.277. The largest absolute Gasteiger partial charge is 0.478 e. The zero-order valence-corrected chi connectivity index (χ0v) is 11.3. The second-order valence-electron chi connectivity index (χ2n) is 4.31. The molecule has 1 aromatic carbocycles. The third-order valence-electron chi connectivity index (χ3n) is 2.71. The number of halogens is 2. The van der Waals surface area contributed by atoms with Crippen molar-refractivity contribution >= 4 is 17.3 Å². The number of carbonyl (C=O) groups is 1. The first-order valence-electron chi connectivity index (χ1n) is 6.01. The van der Waals surface area contributed by atoms with E-state index in [4.69, 9.17) is 5.11 Å². The highest BCUT2D eigenvalue weighted by Gasteiger charge is 2.06. The maximum absolute atomic E-state index is 13.0. The lowest BCUT2D eigenvalue weighted by atomic mass is 10.1. The smallest absolute Gasteiger partial charge is 0.336 e. The van der Waals surface area contributed by atoms with Crippen molar-refractivity contribution in [2.75, 3.05) is 6.54 Å². The van der Waals surface area contributed by atoms with Crippen molar-refractivity contribution in [2.24, 2.45) is 0 Å². The van der Waals surface area contributed by atoms with E-state index in [-0.39, 0.29) is 5.56 Å². The van der Waals surface area contributed by atoms with Gasteiger partial charge in [-0.05, 0) is 36.7 Å². The Morgan fingerprint density at radius 2 is 1.90 bits per heavy atom. The summed E-state index contributed by atoms with van der Waals surface area (Å²) in [7, 11) is 0. The minimum Gasteiger partial charge on any atom is -0.478 e. The van der Waals surface area contributed by atoms with Gasteiger partial charge in [0.15, 0.2) is 0 Å². The maximum atomic E-state index is 13.0. The van der Waals surface area contributed by atoms with Crippen LogP contribution in [0.5, 0.6) is 0 Å². The SMILES string of the molecule is O=C(O)c1csc(CNCCc2cc(F)cc(F)c2)c1. The average Bonchev–Trinajstić information content (AvgIpc) is 2.82. The molecule has 0 aliphatic rings. The van der Waals surface area contributed by atoms with Crippen LogP contribution >= 0.6 is 11.3 Å². The summed E-state index contributed by atoms with van der Waals surface area (Å²) in [5.41, 5.74) is 0.867. The number of rotatable bonds is 6. The van der Waals surface area contributed by atoms with Crippen LogP contribution in [0.4, 0.5) is 8.78 Å². The molecule has 1 heterocycles. The number of nitrogens with one attached hydrogen (secondary N) is 1. The molecule has 0 unspecified atom stereocenters. The van der Waals surface area contributed by atoms with Crippen LogP contribution in [0.2, 0.25) is 0 Å². The molecule has 1 aromatic heterocycles. The summed E-state index contributed by atoms with van der Waals surface area (Å²) in [4.78, 5) is 11.6. The van der Waals surface area contributed by atoms with Crippen molar-refractivity contribution in [3.8, 4) is 0 Å². The lowest BCUT2D eigenvalue weighted by molar-refractivity contribution is 0.0697. The monoisotopic (exact) mass is 297 g/mol. The van der Waals surface area contributed by atoms with Gasteiger partial charge in [-0.25, -0.2) is 13.6 Å². The molecule has 0 aliphatic carbocycles. The van der Waals surface area contributed by atoms with Gasteiger partial charge in [-0.15, -0.1) is 11.3 Å². The van der Waals surface area contributed by atoms with Crippen LogP contribution in [-0.4, -0.2) is 17.6 Å². The van der Waals surface area contributed by atoms with Crippen molar-refractivity contribution in [1.82, 2.24) is 5.32 Å². The van der Waals surface area contributed by atoms with Gasteiger partial charge >= 0.3 is 5.97 Å². The Bertz CT molecular complexity index is 593. The number of hydrogen-bond acceptors (Lipinski definition) is 3. The summed E-state index contributed by atoms with van der Waals surface area (Å²) in [6.45, 7) is 1.10. The van der Waals surface area contributed by atoms with E-state index >= 15 is 0 Å². The second kappa shape index (κ2) is 6.58. The van der Waals surface area contributed by atoms with Gasteiger partial charge in [0.2, 0.25) is 0 Å². The Labute approximate surface area is 118 Å². The molecule has 0 aliphatic heterocycles. The highest BCUT2D eigenvalue weighted by atomic mass is 32.1. The quantitative estimate of drug-likeness (QED) is 0.806. The van der Waals surface area contributed by atoms with E-state index < -0.39 is 17.6 Å². The Kier molecular flexibility index (Phi) is 4.81. The van der Waals surface area contributed by atoms with Gasteiger partial charge in [-0.3, -0.25) is 0 Å². The fraction of sp³-hybridized carbons (Fsp3) is 0.214. The van der Waals surface area contributed by atoms with Crippen LogP contribution < -0.4 is 5.32 Å². The summed E-state index contributed by atoms with van der Waals surface area (Å²) in [6, 6.07) is 5.06. The number of thiophene rings is 1. The lowest BCUT2D eigenvalue weighted by Crippen LogP contribution is -2.16. The predicted molar refractivity (Wildman–Crippen MR) is 73.0 cm³/mol. The molecule has 106 valence electrons. The summed E-state index contributed by atoms with van der Waals surface area (Å²) in [5, 5.41) is 13.5. The van der Waals surface area contributed by atoms with E-state index in [0.717, 1.165) is 10.9 Å². The number of hydrogen-bond donors (Lipinski definition) is 2. The van der Waals surface area contributed by atoms with Crippen LogP contribution in [0, 0.1) is 11.6 Å². The van der Waals surface area contributed by atoms with Crippen molar-refractivity contribution in [1.29, 1.82) is 0 Å². The molecule has 6 heteroatoms.